The number of hydrogen-bond acceptors (Lipinski definition) is 4. The first kappa shape index (κ1) is 19.5. The summed E-state index contributed by atoms with van der Waals surface area (Å²) in [5.41, 5.74) is 1.01. The SMILES string of the molecule is CS(=O)CC(NC(=O)CC1CSCCN1)c1ccccc1.Cl. The minimum atomic E-state index is -0.954. The van der Waals surface area contributed by atoms with Gasteiger partial charge in [-0.2, -0.15) is 11.8 Å². The molecule has 0 aliphatic carbocycles. The van der Waals surface area contributed by atoms with Crippen LogP contribution in [-0.2, 0) is 15.6 Å². The summed E-state index contributed by atoms with van der Waals surface area (Å²) in [7, 11) is -0.954. The molecule has 0 saturated carbocycles. The fourth-order valence-electron chi connectivity index (χ4n) is 2.37. The van der Waals surface area contributed by atoms with Crippen LogP contribution in [0.25, 0.3) is 0 Å². The minimum Gasteiger partial charge on any atom is -0.348 e. The van der Waals surface area contributed by atoms with Crippen LogP contribution in [0.5, 0.6) is 0 Å². The largest absolute Gasteiger partial charge is 0.348 e. The van der Waals surface area contributed by atoms with Crippen LogP contribution in [0.1, 0.15) is 18.0 Å². The van der Waals surface area contributed by atoms with E-state index in [2.05, 4.69) is 10.6 Å². The van der Waals surface area contributed by atoms with Crippen LogP contribution in [0.2, 0.25) is 0 Å². The summed E-state index contributed by atoms with van der Waals surface area (Å²) in [5.74, 6) is 2.56. The molecule has 1 aliphatic rings. The molecule has 1 heterocycles. The first-order valence-electron chi connectivity index (χ1n) is 7.10. The molecule has 0 spiro atoms. The molecule has 0 bridgehead atoms. The lowest BCUT2D eigenvalue weighted by Crippen LogP contribution is -2.42. The number of nitrogens with one attached hydrogen (secondary N) is 2. The third-order valence-corrected chi connectivity index (χ3v) is 5.30. The molecule has 1 fully saturated rings. The number of hydrogen-bond donors (Lipinski definition) is 2. The van der Waals surface area contributed by atoms with Crippen molar-refractivity contribution in [3.05, 3.63) is 35.9 Å². The van der Waals surface area contributed by atoms with Crippen LogP contribution in [0.4, 0.5) is 0 Å². The van der Waals surface area contributed by atoms with Crippen LogP contribution in [0.3, 0.4) is 0 Å². The van der Waals surface area contributed by atoms with E-state index >= 15 is 0 Å². The average molecular weight is 363 g/mol. The van der Waals surface area contributed by atoms with Crippen molar-refractivity contribution >= 4 is 40.9 Å². The van der Waals surface area contributed by atoms with Gasteiger partial charge in [-0.3, -0.25) is 9.00 Å². The highest BCUT2D eigenvalue weighted by atomic mass is 35.5. The fraction of sp³-hybridized carbons (Fsp3) is 0.533. The van der Waals surface area contributed by atoms with E-state index in [1.807, 2.05) is 42.1 Å². The van der Waals surface area contributed by atoms with E-state index in [9.17, 15) is 9.00 Å². The molecule has 1 aromatic rings. The fourth-order valence-corrected chi connectivity index (χ4v) is 4.06. The number of amides is 1. The van der Waals surface area contributed by atoms with Crippen molar-refractivity contribution in [3.63, 3.8) is 0 Å². The van der Waals surface area contributed by atoms with E-state index in [1.165, 1.54) is 0 Å². The van der Waals surface area contributed by atoms with Gasteiger partial charge < -0.3 is 10.6 Å². The molecule has 2 N–H and O–H groups in total. The molecule has 0 radical (unpaired) electrons. The van der Waals surface area contributed by atoms with Crippen LogP contribution < -0.4 is 10.6 Å². The van der Waals surface area contributed by atoms with Gasteiger partial charge in [-0.05, 0) is 5.56 Å². The number of rotatable bonds is 6. The van der Waals surface area contributed by atoms with Crippen molar-refractivity contribution in [1.82, 2.24) is 10.6 Å². The van der Waals surface area contributed by atoms with Crippen molar-refractivity contribution in [2.45, 2.75) is 18.5 Å². The van der Waals surface area contributed by atoms with Crippen LogP contribution in [-0.4, -0.2) is 46.2 Å². The molecular weight excluding hydrogens is 340 g/mol. The van der Waals surface area contributed by atoms with E-state index in [0.29, 0.717) is 12.2 Å². The summed E-state index contributed by atoms with van der Waals surface area (Å²) in [4.78, 5) is 12.2. The number of carbonyl (C=O) groups excluding carboxylic acids is 1. The molecule has 1 aromatic carbocycles. The zero-order chi connectivity index (χ0) is 15.1. The van der Waals surface area contributed by atoms with E-state index in [1.54, 1.807) is 6.26 Å². The van der Waals surface area contributed by atoms with Gasteiger partial charge in [-0.1, -0.05) is 30.3 Å². The molecule has 3 atom stereocenters. The molecule has 22 heavy (non-hydrogen) atoms. The van der Waals surface area contributed by atoms with Gasteiger partial charge in [0.2, 0.25) is 5.91 Å². The third kappa shape index (κ3) is 6.69. The second-order valence-electron chi connectivity index (χ2n) is 5.20. The van der Waals surface area contributed by atoms with Crippen molar-refractivity contribution in [1.29, 1.82) is 0 Å². The Morgan fingerprint density at radius 3 is 2.77 bits per heavy atom. The Bertz CT molecular complexity index is 482. The van der Waals surface area contributed by atoms with Gasteiger partial charge in [-0.25, -0.2) is 0 Å². The Morgan fingerprint density at radius 1 is 1.45 bits per heavy atom. The Kier molecular flexibility index (Phi) is 9.09. The van der Waals surface area contributed by atoms with Gasteiger partial charge >= 0.3 is 0 Å². The van der Waals surface area contributed by atoms with Crippen LogP contribution in [0, 0.1) is 0 Å². The summed E-state index contributed by atoms with van der Waals surface area (Å²) >= 11 is 1.88. The van der Waals surface area contributed by atoms with Gasteiger partial charge in [-0.15, -0.1) is 12.4 Å². The lowest BCUT2D eigenvalue weighted by molar-refractivity contribution is -0.122. The summed E-state index contributed by atoms with van der Waals surface area (Å²) in [6.45, 7) is 0.962. The van der Waals surface area contributed by atoms with Crippen molar-refractivity contribution in [2.24, 2.45) is 0 Å². The van der Waals surface area contributed by atoms with E-state index in [-0.39, 0.29) is 30.4 Å². The number of benzene rings is 1. The average Bonchev–Trinajstić information content (AvgIpc) is 2.48. The molecule has 1 amide bonds. The van der Waals surface area contributed by atoms with E-state index < -0.39 is 10.8 Å². The zero-order valence-corrected chi connectivity index (χ0v) is 15.1. The lowest BCUT2D eigenvalue weighted by atomic mass is 10.1. The highest BCUT2D eigenvalue weighted by Gasteiger charge is 2.20. The van der Waals surface area contributed by atoms with Gasteiger partial charge in [0.25, 0.3) is 0 Å². The topological polar surface area (TPSA) is 58.2 Å². The quantitative estimate of drug-likeness (QED) is 0.809. The highest BCUT2D eigenvalue weighted by Crippen LogP contribution is 2.15. The van der Waals surface area contributed by atoms with Gasteiger partial charge in [0.1, 0.15) is 0 Å². The summed E-state index contributed by atoms with van der Waals surface area (Å²) in [6.07, 6.45) is 2.15. The molecule has 124 valence electrons. The zero-order valence-electron chi connectivity index (χ0n) is 12.6. The Labute approximate surface area is 145 Å². The smallest absolute Gasteiger partial charge is 0.222 e. The normalized spacial score (nSPS) is 20.5. The maximum Gasteiger partial charge on any atom is 0.222 e. The van der Waals surface area contributed by atoms with Crippen molar-refractivity contribution < 1.29 is 9.00 Å². The second-order valence-corrected chi connectivity index (χ2v) is 7.83. The third-order valence-electron chi connectivity index (χ3n) is 3.37. The van der Waals surface area contributed by atoms with Gasteiger partial charge in [0.15, 0.2) is 0 Å². The second kappa shape index (κ2) is 10.3. The molecule has 7 heteroatoms. The first-order chi connectivity index (χ1) is 10.1. The lowest BCUT2D eigenvalue weighted by Gasteiger charge is -2.24. The standard InChI is InChI=1S/C15H22N2O2S2.ClH/c1-21(19)11-14(12-5-3-2-4-6-12)17-15(18)9-13-10-20-8-7-16-13;/h2-6,13-14,16H,7-11H2,1H3,(H,17,18);1H. The Hall–Kier alpha value is -0.560. The van der Waals surface area contributed by atoms with Crippen LogP contribution in [0.15, 0.2) is 30.3 Å². The minimum absolute atomic E-state index is 0. The molecule has 0 aromatic heterocycles. The summed E-state index contributed by atoms with van der Waals surface area (Å²) < 4.78 is 11.5. The molecule has 2 rings (SSSR count). The molecule has 1 saturated heterocycles. The maximum absolute atomic E-state index is 12.2. The van der Waals surface area contributed by atoms with E-state index in [4.69, 9.17) is 0 Å². The Morgan fingerprint density at radius 2 is 2.18 bits per heavy atom. The summed E-state index contributed by atoms with van der Waals surface area (Å²) in [6, 6.07) is 9.81. The number of thioether (sulfide) groups is 1. The predicted molar refractivity (Wildman–Crippen MR) is 97.2 cm³/mol. The monoisotopic (exact) mass is 362 g/mol. The van der Waals surface area contributed by atoms with Crippen LogP contribution >= 0.6 is 24.2 Å². The van der Waals surface area contributed by atoms with E-state index in [0.717, 1.165) is 23.6 Å². The Balaban J connectivity index is 0.00000242. The van der Waals surface area contributed by atoms with Gasteiger partial charge in [0.05, 0.1) is 6.04 Å². The summed E-state index contributed by atoms with van der Waals surface area (Å²) in [5, 5.41) is 6.39. The molecular formula is C15H23ClN2O2S2. The number of halogens is 1. The van der Waals surface area contributed by atoms with Crippen molar-refractivity contribution in [2.75, 3.05) is 30.1 Å². The predicted octanol–water partition coefficient (Wildman–Crippen LogP) is 1.74. The highest BCUT2D eigenvalue weighted by molar-refractivity contribution is 7.99. The maximum atomic E-state index is 12.2. The number of carbonyl (C=O) groups is 1. The molecule has 1 aliphatic heterocycles. The van der Waals surface area contributed by atoms with Gasteiger partial charge in [0, 0.05) is 53.3 Å². The molecule has 4 nitrogen and oxygen atoms in total. The van der Waals surface area contributed by atoms with Crippen molar-refractivity contribution in [3.8, 4) is 0 Å². The molecule has 3 unspecified atom stereocenters. The first-order valence-corrected chi connectivity index (χ1v) is 9.99.